The lowest BCUT2D eigenvalue weighted by Gasteiger charge is -2.21. The standard InChI is InChI=1S/C10H17N3OS/c1-12(10-11-9(14)8-15-10)6-7-13-4-2-3-5-13/h2-8H2,1H3. The maximum Gasteiger partial charge on any atom is 0.258 e. The van der Waals surface area contributed by atoms with E-state index in [0.29, 0.717) is 5.75 Å². The van der Waals surface area contributed by atoms with E-state index in [-0.39, 0.29) is 5.91 Å². The Balaban J connectivity index is 1.74. The quantitative estimate of drug-likeness (QED) is 0.709. The molecular weight excluding hydrogens is 210 g/mol. The first-order chi connectivity index (χ1) is 7.25. The highest BCUT2D eigenvalue weighted by atomic mass is 32.2. The van der Waals surface area contributed by atoms with Crippen molar-refractivity contribution in [3.05, 3.63) is 0 Å². The fourth-order valence-electron chi connectivity index (χ4n) is 1.89. The maximum atomic E-state index is 11.0. The van der Waals surface area contributed by atoms with Crippen LogP contribution in [0, 0.1) is 0 Å². The van der Waals surface area contributed by atoms with Gasteiger partial charge in [0, 0.05) is 20.1 Å². The number of rotatable bonds is 3. The van der Waals surface area contributed by atoms with Gasteiger partial charge in [-0.05, 0) is 25.9 Å². The van der Waals surface area contributed by atoms with E-state index in [1.807, 2.05) is 7.05 Å². The minimum absolute atomic E-state index is 0.00280. The molecule has 0 atom stereocenters. The van der Waals surface area contributed by atoms with Crippen molar-refractivity contribution >= 4 is 22.8 Å². The molecule has 1 amide bonds. The van der Waals surface area contributed by atoms with Gasteiger partial charge in [-0.15, -0.1) is 0 Å². The fourth-order valence-corrected chi connectivity index (χ4v) is 2.68. The van der Waals surface area contributed by atoms with E-state index in [0.717, 1.165) is 18.3 Å². The number of aliphatic imine (C=N–C) groups is 1. The van der Waals surface area contributed by atoms with E-state index in [9.17, 15) is 4.79 Å². The Morgan fingerprint density at radius 3 is 2.80 bits per heavy atom. The van der Waals surface area contributed by atoms with Gasteiger partial charge in [-0.25, -0.2) is 0 Å². The van der Waals surface area contributed by atoms with Crippen molar-refractivity contribution in [2.75, 3.05) is 39.0 Å². The number of hydrogen-bond acceptors (Lipinski definition) is 4. The van der Waals surface area contributed by atoms with Gasteiger partial charge in [0.2, 0.25) is 0 Å². The van der Waals surface area contributed by atoms with Crippen LogP contribution in [0.3, 0.4) is 0 Å². The highest BCUT2D eigenvalue weighted by Gasteiger charge is 2.19. The van der Waals surface area contributed by atoms with Crippen LogP contribution in [0.2, 0.25) is 0 Å². The monoisotopic (exact) mass is 227 g/mol. The molecular formula is C10H17N3OS. The predicted octanol–water partition coefficient (Wildman–Crippen LogP) is 0.643. The number of likely N-dealkylation sites (N-methyl/N-ethyl adjacent to an activating group) is 1. The van der Waals surface area contributed by atoms with Gasteiger partial charge in [-0.3, -0.25) is 4.79 Å². The van der Waals surface area contributed by atoms with Crippen molar-refractivity contribution in [3.8, 4) is 0 Å². The summed E-state index contributed by atoms with van der Waals surface area (Å²) < 4.78 is 0. The van der Waals surface area contributed by atoms with Crippen molar-refractivity contribution in [2.24, 2.45) is 4.99 Å². The summed E-state index contributed by atoms with van der Waals surface area (Å²) in [7, 11) is 2.01. The number of nitrogens with zero attached hydrogens (tertiary/aromatic N) is 3. The SMILES string of the molecule is CN(CCN1CCCC1)C1=NC(=O)CS1. The van der Waals surface area contributed by atoms with Crippen LogP contribution in [0.15, 0.2) is 4.99 Å². The zero-order chi connectivity index (χ0) is 10.7. The summed E-state index contributed by atoms with van der Waals surface area (Å²) in [6.07, 6.45) is 2.66. The normalized spacial score (nSPS) is 22.2. The third-order valence-electron chi connectivity index (χ3n) is 2.82. The Kier molecular flexibility index (Phi) is 3.64. The van der Waals surface area contributed by atoms with Gasteiger partial charge in [0.25, 0.3) is 5.91 Å². The number of amides is 1. The topological polar surface area (TPSA) is 35.9 Å². The smallest absolute Gasteiger partial charge is 0.258 e. The maximum absolute atomic E-state index is 11.0. The molecule has 0 aromatic carbocycles. The van der Waals surface area contributed by atoms with E-state index < -0.39 is 0 Å². The largest absolute Gasteiger partial charge is 0.353 e. The van der Waals surface area contributed by atoms with Gasteiger partial charge in [-0.2, -0.15) is 4.99 Å². The summed E-state index contributed by atoms with van der Waals surface area (Å²) in [5, 5.41) is 0.888. The second-order valence-corrected chi connectivity index (χ2v) is 4.99. The Hall–Kier alpha value is -0.550. The Morgan fingerprint density at radius 1 is 1.47 bits per heavy atom. The lowest BCUT2D eigenvalue weighted by molar-refractivity contribution is -0.115. The van der Waals surface area contributed by atoms with Crippen LogP contribution in [-0.2, 0) is 4.79 Å². The fraction of sp³-hybridized carbons (Fsp3) is 0.800. The van der Waals surface area contributed by atoms with Gasteiger partial charge >= 0.3 is 0 Å². The second-order valence-electron chi connectivity index (χ2n) is 4.05. The van der Waals surface area contributed by atoms with E-state index >= 15 is 0 Å². The van der Waals surface area contributed by atoms with Crippen LogP contribution in [-0.4, -0.2) is 59.9 Å². The van der Waals surface area contributed by atoms with Crippen LogP contribution in [0.4, 0.5) is 0 Å². The molecule has 1 saturated heterocycles. The summed E-state index contributed by atoms with van der Waals surface area (Å²) in [4.78, 5) is 19.5. The first-order valence-corrected chi connectivity index (χ1v) is 6.42. The summed E-state index contributed by atoms with van der Waals surface area (Å²) in [5.74, 6) is 0.520. The average molecular weight is 227 g/mol. The molecule has 2 heterocycles. The number of likely N-dealkylation sites (tertiary alicyclic amines) is 1. The summed E-state index contributed by atoms with van der Waals surface area (Å²) in [5.41, 5.74) is 0. The van der Waals surface area contributed by atoms with Gasteiger partial charge < -0.3 is 9.80 Å². The lowest BCUT2D eigenvalue weighted by Crippen LogP contribution is -2.33. The van der Waals surface area contributed by atoms with Gasteiger partial charge in [0.15, 0.2) is 5.17 Å². The lowest BCUT2D eigenvalue weighted by atomic mass is 10.4. The molecule has 0 spiro atoms. The third-order valence-corrected chi connectivity index (χ3v) is 3.87. The Labute approximate surface area is 94.7 Å². The summed E-state index contributed by atoms with van der Waals surface area (Å²) in [6, 6.07) is 0. The van der Waals surface area contributed by atoms with Crippen LogP contribution in [0.1, 0.15) is 12.8 Å². The molecule has 15 heavy (non-hydrogen) atoms. The van der Waals surface area contributed by atoms with Crippen LogP contribution < -0.4 is 0 Å². The van der Waals surface area contributed by atoms with Crippen molar-refractivity contribution in [2.45, 2.75) is 12.8 Å². The highest BCUT2D eigenvalue weighted by molar-refractivity contribution is 8.14. The zero-order valence-corrected chi connectivity index (χ0v) is 9.92. The molecule has 0 aromatic rings. The van der Waals surface area contributed by atoms with Crippen molar-refractivity contribution in [1.29, 1.82) is 0 Å². The molecule has 0 aromatic heterocycles. The average Bonchev–Trinajstić information content (AvgIpc) is 2.84. The minimum Gasteiger partial charge on any atom is -0.353 e. The van der Waals surface area contributed by atoms with Crippen LogP contribution >= 0.6 is 11.8 Å². The van der Waals surface area contributed by atoms with Crippen molar-refractivity contribution in [3.63, 3.8) is 0 Å². The summed E-state index contributed by atoms with van der Waals surface area (Å²) >= 11 is 1.55. The molecule has 0 radical (unpaired) electrons. The van der Waals surface area contributed by atoms with Crippen LogP contribution in [0.25, 0.3) is 0 Å². The number of carbonyl (C=O) groups excluding carboxylic acids is 1. The molecule has 0 bridgehead atoms. The number of carbonyl (C=O) groups is 1. The molecule has 1 fully saturated rings. The minimum atomic E-state index is 0.00280. The molecule has 2 aliphatic heterocycles. The van der Waals surface area contributed by atoms with E-state index in [4.69, 9.17) is 0 Å². The van der Waals surface area contributed by atoms with Gasteiger partial charge in [0.05, 0.1) is 5.75 Å². The molecule has 84 valence electrons. The number of amidine groups is 1. The third kappa shape index (κ3) is 2.95. The first-order valence-electron chi connectivity index (χ1n) is 5.43. The molecule has 2 aliphatic rings. The Morgan fingerprint density at radius 2 is 2.20 bits per heavy atom. The highest BCUT2D eigenvalue weighted by Crippen LogP contribution is 2.15. The van der Waals surface area contributed by atoms with Crippen LogP contribution in [0.5, 0.6) is 0 Å². The van der Waals surface area contributed by atoms with E-state index in [2.05, 4.69) is 14.8 Å². The van der Waals surface area contributed by atoms with Crippen molar-refractivity contribution < 1.29 is 4.79 Å². The zero-order valence-electron chi connectivity index (χ0n) is 9.11. The second kappa shape index (κ2) is 4.99. The predicted molar refractivity (Wildman–Crippen MR) is 63.2 cm³/mol. The van der Waals surface area contributed by atoms with E-state index in [1.54, 1.807) is 11.8 Å². The van der Waals surface area contributed by atoms with Gasteiger partial charge in [0.1, 0.15) is 0 Å². The number of hydrogen-bond donors (Lipinski definition) is 0. The molecule has 0 aliphatic carbocycles. The first kappa shape index (κ1) is 11.0. The molecule has 0 unspecified atom stereocenters. The molecule has 5 heteroatoms. The van der Waals surface area contributed by atoms with Gasteiger partial charge in [-0.1, -0.05) is 11.8 Å². The summed E-state index contributed by atoms with van der Waals surface area (Å²) in [6.45, 7) is 4.52. The van der Waals surface area contributed by atoms with E-state index in [1.165, 1.54) is 25.9 Å². The Bertz CT molecular complexity index is 274. The number of thioether (sulfide) groups is 1. The molecule has 0 N–H and O–H groups in total. The van der Waals surface area contributed by atoms with Crippen molar-refractivity contribution in [1.82, 2.24) is 9.80 Å². The molecule has 0 saturated carbocycles. The molecule has 4 nitrogen and oxygen atoms in total. The molecule has 2 rings (SSSR count).